The molecule has 1 unspecified atom stereocenters. The first-order valence-electron chi connectivity index (χ1n) is 6.26. The molecule has 2 heterocycles. The van der Waals surface area contributed by atoms with Crippen LogP contribution >= 0.6 is 11.8 Å². The van der Waals surface area contributed by atoms with Crippen molar-refractivity contribution in [1.29, 1.82) is 0 Å². The zero-order valence-corrected chi connectivity index (χ0v) is 11.9. The molecule has 0 aliphatic heterocycles. The van der Waals surface area contributed by atoms with Gasteiger partial charge >= 0.3 is 0 Å². The normalized spacial score (nSPS) is 12.8. The van der Waals surface area contributed by atoms with E-state index in [0.717, 1.165) is 11.3 Å². The Labute approximate surface area is 120 Å². The Bertz CT molecular complexity index is 519. The summed E-state index contributed by atoms with van der Waals surface area (Å²) in [5, 5.41) is 3.30. The van der Waals surface area contributed by atoms with Crippen LogP contribution in [0.3, 0.4) is 0 Å². The number of rotatable bonds is 7. The number of thioether (sulfide) groups is 1. The van der Waals surface area contributed by atoms with Crippen LogP contribution in [0.2, 0.25) is 0 Å². The van der Waals surface area contributed by atoms with E-state index >= 15 is 0 Å². The fourth-order valence-electron chi connectivity index (χ4n) is 1.74. The Morgan fingerprint density at radius 3 is 2.80 bits per heavy atom. The molecule has 3 nitrogen and oxygen atoms in total. The summed E-state index contributed by atoms with van der Waals surface area (Å²) < 4.78 is 29.6. The number of hydrogen-bond acceptors (Lipinski definition) is 4. The molecule has 0 saturated heterocycles. The highest BCUT2D eigenvalue weighted by Gasteiger charge is 2.09. The smallest absolute Gasteiger partial charge is 0.284 e. The van der Waals surface area contributed by atoms with Gasteiger partial charge in [-0.25, -0.2) is 0 Å². The average Bonchev–Trinajstić information content (AvgIpc) is 2.91. The minimum absolute atomic E-state index is 0.146. The predicted octanol–water partition coefficient (Wildman–Crippen LogP) is 3.98. The number of furan rings is 1. The van der Waals surface area contributed by atoms with Gasteiger partial charge in [0.1, 0.15) is 11.5 Å². The van der Waals surface area contributed by atoms with Gasteiger partial charge in [-0.1, -0.05) is 17.8 Å². The lowest BCUT2D eigenvalue weighted by Gasteiger charge is -2.12. The minimum atomic E-state index is -2.37. The van der Waals surface area contributed by atoms with Crippen molar-refractivity contribution in [3.8, 4) is 0 Å². The predicted molar refractivity (Wildman–Crippen MR) is 75.5 cm³/mol. The molecule has 0 aromatic carbocycles. The number of halogens is 2. The van der Waals surface area contributed by atoms with Crippen molar-refractivity contribution in [1.82, 2.24) is 10.3 Å². The first-order chi connectivity index (χ1) is 9.65. The zero-order valence-electron chi connectivity index (χ0n) is 11.1. The maximum Gasteiger partial charge on any atom is 0.284 e. The number of aromatic nitrogens is 1. The van der Waals surface area contributed by atoms with Gasteiger partial charge in [-0.05, 0) is 30.7 Å². The highest BCUT2D eigenvalue weighted by Crippen LogP contribution is 2.21. The summed E-state index contributed by atoms with van der Waals surface area (Å²) in [7, 11) is 0. The Balaban J connectivity index is 1.82. The third kappa shape index (κ3) is 4.61. The van der Waals surface area contributed by atoms with Crippen LogP contribution in [0, 0.1) is 0 Å². The van der Waals surface area contributed by atoms with Gasteiger partial charge in [-0.15, -0.1) is 0 Å². The third-order valence-electron chi connectivity index (χ3n) is 2.84. The Morgan fingerprint density at radius 2 is 2.10 bits per heavy atom. The summed E-state index contributed by atoms with van der Waals surface area (Å²) in [6.45, 7) is 2.59. The summed E-state index contributed by atoms with van der Waals surface area (Å²) in [5.74, 6) is -0.866. The van der Waals surface area contributed by atoms with E-state index < -0.39 is 5.76 Å². The molecule has 0 aliphatic carbocycles. The Morgan fingerprint density at radius 1 is 1.30 bits per heavy atom. The summed E-state index contributed by atoms with van der Waals surface area (Å²) in [4.78, 5) is 4.07. The number of pyridine rings is 1. The minimum Gasteiger partial charge on any atom is -0.464 e. The SMILES string of the molecule is CC(NCc1ccc(CSC(F)F)o1)c1cccnc1. The molecular weight excluding hydrogens is 282 g/mol. The summed E-state index contributed by atoms with van der Waals surface area (Å²) in [6.07, 6.45) is 3.54. The summed E-state index contributed by atoms with van der Waals surface area (Å²) in [5.41, 5.74) is 1.09. The molecule has 0 radical (unpaired) electrons. The zero-order chi connectivity index (χ0) is 14.4. The maximum atomic E-state index is 12.1. The molecule has 2 rings (SSSR count). The number of nitrogens with zero attached hydrogens (tertiary/aromatic N) is 1. The van der Waals surface area contributed by atoms with E-state index in [4.69, 9.17) is 4.42 Å². The number of hydrogen-bond donors (Lipinski definition) is 1. The van der Waals surface area contributed by atoms with Crippen molar-refractivity contribution in [2.24, 2.45) is 0 Å². The lowest BCUT2D eigenvalue weighted by atomic mass is 10.1. The molecule has 6 heteroatoms. The van der Waals surface area contributed by atoms with E-state index in [2.05, 4.69) is 10.3 Å². The van der Waals surface area contributed by atoms with E-state index in [-0.39, 0.29) is 11.8 Å². The average molecular weight is 298 g/mol. The second kappa shape index (κ2) is 7.40. The Kier molecular flexibility index (Phi) is 5.55. The van der Waals surface area contributed by atoms with Gasteiger partial charge in [-0.3, -0.25) is 4.98 Å². The van der Waals surface area contributed by atoms with Gasteiger partial charge in [0, 0.05) is 18.4 Å². The molecule has 2 aromatic rings. The van der Waals surface area contributed by atoms with E-state index in [9.17, 15) is 8.78 Å². The fraction of sp³-hybridized carbons (Fsp3) is 0.357. The molecule has 1 N–H and O–H groups in total. The van der Waals surface area contributed by atoms with Crippen LogP contribution in [-0.2, 0) is 12.3 Å². The van der Waals surface area contributed by atoms with Crippen LogP contribution in [-0.4, -0.2) is 10.7 Å². The lowest BCUT2D eigenvalue weighted by Crippen LogP contribution is -2.17. The molecule has 20 heavy (non-hydrogen) atoms. The second-order valence-electron chi connectivity index (χ2n) is 4.33. The first kappa shape index (κ1) is 15.0. The molecule has 1 atom stereocenters. The molecule has 0 saturated carbocycles. The largest absolute Gasteiger partial charge is 0.464 e. The quantitative estimate of drug-likeness (QED) is 0.839. The van der Waals surface area contributed by atoms with Crippen LogP contribution < -0.4 is 5.32 Å². The van der Waals surface area contributed by atoms with E-state index in [1.54, 1.807) is 12.3 Å². The van der Waals surface area contributed by atoms with Crippen molar-refractivity contribution >= 4 is 11.8 Å². The van der Waals surface area contributed by atoms with Gasteiger partial charge in [0.05, 0.1) is 12.3 Å². The van der Waals surface area contributed by atoms with Crippen LogP contribution in [0.25, 0.3) is 0 Å². The molecule has 0 bridgehead atoms. The molecule has 0 spiro atoms. The molecule has 2 aromatic heterocycles. The molecule has 0 amide bonds. The van der Waals surface area contributed by atoms with Crippen LogP contribution in [0.4, 0.5) is 8.78 Å². The highest BCUT2D eigenvalue weighted by molar-refractivity contribution is 7.98. The van der Waals surface area contributed by atoms with Crippen molar-refractivity contribution in [3.05, 3.63) is 53.7 Å². The van der Waals surface area contributed by atoms with E-state index in [0.29, 0.717) is 24.1 Å². The van der Waals surface area contributed by atoms with Crippen molar-refractivity contribution in [2.75, 3.05) is 0 Å². The van der Waals surface area contributed by atoms with Crippen molar-refractivity contribution in [3.63, 3.8) is 0 Å². The van der Waals surface area contributed by atoms with Crippen LogP contribution in [0.5, 0.6) is 0 Å². The fourth-order valence-corrected chi connectivity index (χ4v) is 2.19. The number of nitrogens with one attached hydrogen (secondary N) is 1. The molecule has 0 aliphatic rings. The summed E-state index contributed by atoms with van der Waals surface area (Å²) in [6, 6.07) is 7.58. The lowest BCUT2D eigenvalue weighted by molar-refractivity contribution is 0.251. The van der Waals surface area contributed by atoms with Crippen molar-refractivity contribution < 1.29 is 13.2 Å². The van der Waals surface area contributed by atoms with Gasteiger partial charge in [0.15, 0.2) is 0 Å². The monoisotopic (exact) mass is 298 g/mol. The topological polar surface area (TPSA) is 38.1 Å². The Hall–Kier alpha value is -1.40. The van der Waals surface area contributed by atoms with E-state index in [1.807, 2.05) is 31.3 Å². The number of alkyl halides is 2. The first-order valence-corrected chi connectivity index (χ1v) is 7.30. The van der Waals surface area contributed by atoms with E-state index in [1.165, 1.54) is 0 Å². The third-order valence-corrected chi connectivity index (χ3v) is 3.54. The van der Waals surface area contributed by atoms with Gasteiger partial charge in [0.25, 0.3) is 5.76 Å². The maximum absolute atomic E-state index is 12.1. The van der Waals surface area contributed by atoms with Gasteiger partial charge < -0.3 is 9.73 Å². The highest BCUT2D eigenvalue weighted by atomic mass is 32.2. The van der Waals surface area contributed by atoms with Crippen LogP contribution in [0.15, 0.2) is 41.1 Å². The summed E-state index contributed by atoms with van der Waals surface area (Å²) >= 11 is 0.563. The standard InChI is InChI=1S/C14H16F2N2OS/c1-10(11-3-2-6-17-7-11)18-8-12-4-5-13(19-12)9-20-14(15)16/h2-7,10,14,18H,8-9H2,1H3. The molecule has 0 fully saturated rings. The molecule has 108 valence electrons. The molecular formula is C14H16F2N2OS. The van der Waals surface area contributed by atoms with Gasteiger partial charge in [0.2, 0.25) is 0 Å². The second-order valence-corrected chi connectivity index (χ2v) is 5.31. The van der Waals surface area contributed by atoms with Crippen molar-refractivity contribution in [2.45, 2.75) is 31.0 Å². The van der Waals surface area contributed by atoms with Crippen LogP contribution in [0.1, 0.15) is 30.0 Å². The van der Waals surface area contributed by atoms with Gasteiger partial charge in [-0.2, -0.15) is 8.78 Å².